The summed E-state index contributed by atoms with van der Waals surface area (Å²) < 4.78 is 31.3. The fourth-order valence-electron chi connectivity index (χ4n) is 2.19. The zero-order chi connectivity index (χ0) is 17.0. The molecule has 1 heterocycles. The van der Waals surface area contributed by atoms with E-state index in [1.165, 1.54) is 35.6 Å². The van der Waals surface area contributed by atoms with Crippen molar-refractivity contribution in [2.75, 3.05) is 39.9 Å². The van der Waals surface area contributed by atoms with E-state index < -0.39 is 28.4 Å². The third-order valence-electron chi connectivity index (χ3n) is 3.42. The summed E-state index contributed by atoms with van der Waals surface area (Å²) in [7, 11) is -2.29. The number of likely N-dealkylation sites (N-methyl/N-ethyl adjacent to an activating group) is 1. The SMILES string of the molecule is CN(CC(=O)[O-])C(=O)c1ccc(S(=O)(=O)N2CCOCC2)cc1. The molecule has 2 rings (SSSR count). The van der Waals surface area contributed by atoms with Crippen LogP contribution in [-0.2, 0) is 19.6 Å². The number of carboxylic acid groups (broad SMARTS) is 1. The fraction of sp³-hybridized carbons (Fsp3) is 0.429. The maximum atomic E-state index is 12.4. The summed E-state index contributed by atoms with van der Waals surface area (Å²) in [4.78, 5) is 23.6. The Kier molecular flexibility index (Phi) is 5.34. The average Bonchev–Trinajstić information content (AvgIpc) is 2.54. The molecule has 1 fully saturated rings. The summed E-state index contributed by atoms with van der Waals surface area (Å²) in [5, 5.41) is 10.5. The number of ether oxygens (including phenoxy) is 1. The van der Waals surface area contributed by atoms with Crippen molar-refractivity contribution in [3.05, 3.63) is 29.8 Å². The molecule has 0 bridgehead atoms. The molecule has 0 aromatic heterocycles. The van der Waals surface area contributed by atoms with Crippen molar-refractivity contribution in [2.45, 2.75) is 4.90 Å². The Morgan fingerprint density at radius 2 is 1.78 bits per heavy atom. The van der Waals surface area contributed by atoms with Crippen LogP contribution < -0.4 is 5.11 Å². The quantitative estimate of drug-likeness (QED) is 0.647. The summed E-state index contributed by atoms with van der Waals surface area (Å²) in [5.74, 6) is -1.89. The molecule has 1 aliphatic rings. The third-order valence-corrected chi connectivity index (χ3v) is 5.33. The molecule has 0 aliphatic carbocycles. The largest absolute Gasteiger partial charge is 0.548 e. The van der Waals surface area contributed by atoms with Gasteiger partial charge < -0.3 is 19.5 Å². The van der Waals surface area contributed by atoms with Crippen molar-refractivity contribution < 1.29 is 27.9 Å². The van der Waals surface area contributed by atoms with Gasteiger partial charge in [0.15, 0.2) is 0 Å². The molecular weight excluding hydrogens is 324 g/mol. The molecular formula is C14H17N2O6S-. The number of morpholine rings is 1. The predicted octanol–water partition coefficient (Wildman–Crippen LogP) is -1.47. The van der Waals surface area contributed by atoms with Gasteiger partial charge in [-0.1, -0.05) is 0 Å². The first-order valence-electron chi connectivity index (χ1n) is 6.95. The lowest BCUT2D eigenvalue weighted by atomic mass is 10.2. The maximum Gasteiger partial charge on any atom is 0.253 e. The van der Waals surface area contributed by atoms with E-state index in [1.54, 1.807) is 0 Å². The summed E-state index contributed by atoms with van der Waals surface area (Å²) in [6, 6.07) is 5.40. The van der Waals surface area contributed by atoms with Crippen LogP contribution in [0.15, 0.2) is 29.2 Å². The van der Waals surface area contributed by atoms with E-state index in [-0.39, 0.29) is 23.5 Å². The Labute approximate surface area is 134 Å². The van der Waals surface area contributed by atoms with Gasteiger partial charge in [-0.25, -0.2) is 8.42 Å². The monoisotopic (exact) mass is 341 g/mol. The average molecular weight is 341 g/mol. The lowest BCUT2D eigenvalue weighted by Gasteiger charge is -2.26. The van der Waals surface area contributed by atoms with E-state index in [1.807, 2.05) is 0 Å². The van der Waals surface area contributed by atoms with Gasteiger partial charge in [-0.3, -0.25) is 4.79 Å². The van der Waals surface area contributed by atoms with Crippen molar-refractivity contribution in [1.82, 2.24) is 9.21 Å². The van der Waals surface area contributed by atoms with Gasteiger partial charge in [0.25, 0.3) is 5.91 Å². The van der Waals surface area contributed by atoms with Crippen LogP contribution in [0.25, 0.3) is 0 Å². The molecule has 1 aromatic rings. The topological polar surface area (TPSA) is 107 Å². The molecule has 0 spiro atoms. The van der Waals surface area contributed by atoms with E-state index in [4.69, 9.17) is 4.74 Å². The van der Waals surface area contributed by atoms with Gasteiger partial charge in [0.05, 0.1) is 30.6 Å². The van der Waals surface area contributed by atoms with E-state index in [0.717, 1.165) is 4.90 Å². The zero-order valence-corrected chi connectivity index (χ0v) is 13.4. The van der Waals surface area contributed by atoms with Gasteiger partial charge in [-0.2, -0.15) is 4.31 Å². The van der Waals surface area contributed by atoms with Crippen LogP contribution in [0.1, 0.15) is 10.4 Å². The highest BCUT2D eigenvalue weighted by molar-refractivity contribution is 7.89. The smallest absolute Gasteiger partial charge is 0.253 e. The second-order valence-corrected chi connectivity index (χ2v) is 7.01. The number of amides is 1. The van der Waals surface area contributed by atoms with Gasteiger partial charge in [-0.15, -0.1) is 0 Å². The number of rotatable bonds is 5. The Morgan fingerprint density at radius 1 is 1.22 bits per heavy atom. The molecule has 0 unspecified atom stereocenters. The molecule has 0 atom stereocenters. The molecule has 1 aromatic carbocycles. The Balaban J connectivity index is 2.15. The normalized spacial score (nSPS) is 16.0. The van der Waals surface area contributed by atoms with E-state index in [9.17, 15) is 23.1 Å². The first-order valence-corrected chi connectivity index (χ1v) is 8.39. The van der Waals surface area contributed by atoms with Gasteiger partial charge >= 0.3 is 0 Å². The summed E-state index contributed by atoms with van der Waals surface area (Å²) in [5.41, 5.74) is 0.203. The molecule has 1 amide bonds. The standard InChI is InChI=1S/C14H18N2O6S/c1-15(10-13(17)18)14(19)11-2-4-12(5-3-11)23(20,21)16-6-8-22-9-7-16/h2-5H,6-10H2,1H3,(H,17,18)/p-1. The number of carboxylic acids is 1. The highest BCUT2D eigenvalue weighted by atomic mass is 32.2. The van der Waals surface area contributed by atoms with Crippen LogP contribution in [0.4, 0.5) is 0 Å². The number of nitrogens with zero attached hydrogens (tertiary/aromatic N) is 2. The highest BCUT2D eigenvalue weighted by Crippen LogP contribution is 2.18. The summed E-state index contributed by atoms with van der Waals surface area (Å²) in [6.07, 6.45) is 0. The van der Waals surface area contributed by atoms with E-state index >= 15 is 0 Å². The first-order chi connectivity index (χ1) is 10.8. The summed E-state index contributed by atoms with van der Waals surface area (Å²) >= 11 is 0. The maximum absolute atomic E-state index is 12.4. The van der Waals surface area contributed by atoms with Crippen LogP contribution in [0, 0.1) is 0 Å². The van der Waals surface area contributed by atoms with Crippen LogP contribution in [0.5, 0.6) is 0 Å². The first kappa shape index (κ1) is 17.4. The van der Waals surface area contributed by atoms with Gasteiger partial charge in [0.2, 0.25) is 10.0 Å². The molecule has 8 nitrogen and oxygen atoms in total. The van der Waals surface area contributed by atoms with Crippen molar-refractivity contribution in [1.29, 1.82) is 0 Å². The number of hydrogen-bond donors (Lipinski definition) is 0. The van der Waals surface area contributed by atoms with Crippen LogP contribution in [0.3, 0.4) is 0 Å². The van der Waals surface area contributed by atoms with Gasteiger partial charge in [0, 0.05) is 25.7 Å². The molecule has 126 valence electrons. The number of carbonyl (C=O) groups is 2. The highest BCUT2D eigenvalue weighted by Gasteiger charge is 2.26. The van der Waals surface area contributed by atoms with E-state index in [2.05, 4.69) is 0 Å². The van der Waals surface area contributed by atoms with Gasteiger partial charge in [-0.05, 0) is 24.3 Å². The minimum Gasteiger partial charge on any atom is -0.548 e. The Bertz CT molecular complexity index is 680. The van der Waals surface area contributed by atoms with Gasteiger partial charge in [0.1, 0.15) is 0 Å². The van der Waals surface area contributed by atoms with Crippen molar-refractivity contribution >= 4 is 21.9 Å². The molecule has 0 radical (unpaired) electrons. The number of aliphatic carboxylic acids is 1. The number of hydrogen-bond acceptors (Lipinski definition) is 6. The number of sulfonamides is 1. The molecule has 23 heavy (non-hydrogen) atoms. The van der Waals surface area contributed by atoms with Crippen LogP contribution in [0.2, 0.25) is 0 Å². The van der Waals surface area contributed by atoms with E-state index in [0.29, 0.717) is 13.2 Å². The Morgan fingerprint density at radius 3 is 2.30 bits per heavy atom. The minimum atomic E-state index is -3.62. The fourth-order valence-corrected chi connectivity index (χ4v) is 3.60. The zero-order valence-electron chi connectivity index (χ0n) is 12.6. The minimum absolute atomic E-state index is 0.0819. The Hall–Kier alpha value is -1.97. The van der Waals surface area contributed by atoms with Crippen molar-refractivity contribution in [3.63, 3.8) is 0 Å². The molecule has 0 N–H and O–H groups in total. The molecule has 1 saturated heterocycles. The third kappa shape index (κ3) is 4.06. The predicted molar refractivity (Wildman–Crippen MR) is 78.0 cm³/mol. The summed E-state index contributed by atoms with van der Waals surface area (Å²) in [6.45, 7) is 0.745. The van der Waals surface area contributed by atoms with Crippen LogP contribution in [-0.4, -0.2) is 69.4 Å². The number of carbonyl (C=O) groups excluding carboxylic acids is 2. The lowest BCUT2D eigenvalue weighted by Crippen LogP contribution is -2.40. The molecule has 0 saturated carbocycles. The molecule has 9 heteroatoms. The van der Waals surface area contributed by atoms with Crippen molar-refractivity contribution in [3.8, 4) is 0 Å². The second kappa shape index (κ2) is 7.07. The second-order valence-electron chi connectivity index (χ2n) is 5.07. The lowest BCUT2D eigenvalue weighted by molar-refractivity contribution is -0.305. The molecule has 1 aliphatic heterocycles. The van der Waals surface area contributed by atoms with Crippen molar-refractivity contribution in [2.24, 2.45) is 0 Å². The van der Waals surface area contributed by atoms with Crippen LogP contribution >= 0.6 is 0 Å². The number of benzene rings is 1.